The molecule has 0 spiro atoms. The summed E-state index contributed by atoms with van der Waals surface area (Å²) in [5, 5.41) is 10.8. The summed E-state index contributed by atoms with van der Waals surface area (Å²) < 4.78 is 41.3. The van der Waals surface area contributed by atoms with Crippen LogP contribution in [-0.4, -0.2) is 13.3 Å². The van der Waals surface area contributed by atoms with Gasteiger partial charge in [0.2, 0.25) is 0 Å². The van der Waals surface area contributed by atoms with E-state index in [1.165, 1.54) is 24.3 Å². The number of nitro groups is 1. The minimum absolute atomic E-state index is 0.133. The van der Waals surface area contributed by atoms with E-state index in [9.17, 15) is 22.9 Å². The number of nitrogens with zero attached hydrogens (tertiary/aromatic N) is 1. The normalized spacial score (nSPS) is 11.3. The Balaban J connectivity index is 2.19. The largest absolute Gasteiger partial charge is 0.297 e. The Hall–Kier alpha value is -2.32. The van der Waals surface area contributed by atoms with Crippen molar-refractivity contribution < 1.29 is 21.9 Å². The highest BCUT2D eigenvalue weighted by Gasteiger charge is 2.19. The van der Waals surface area contributed by atoms with Gasteiger partial charge in [-0.15, -0.1) is 0 Å². The molecule has 2 rings (SSSR count). The number of para-hydroxylation sites is 1. The fourth-order valence-corrected chi connectivity index (χ4v) is 2.51. The molecule has 0 bridgehead atoms. The second-order valence-corrected chi connectivity index (χ2v) is 5.67. The number of nitro benzene ring substituents is 1. The van der Waals surface area contributed by atoms with Crippen molar-refractivity contribution in [2.75, 3.05) is 0 Å². The molecular weight excluding hydrogens is 301 g/mol. The fourth-order valence-electron chi connectivity index (χ4n) is 1.62. The second kappa shape index (κ2) is 5.98. The molecule has 0 aliphatic carbocycles. The zero-order valence-electron chi connectivity index (χ0n) is 10.6. The van der Waals surface area contributed by atoms with Crippen LogP contribution < -0.4 is 0 Å². The highest BCUT2D eigenvalue weighted by atomic mass is 32.2. The maximum Gasteiger partial charge on any atom is 0.297 e. The first-order valence-electron chi connectivity index (χ1n) is 5.77. The topological polar surface area (TPSA) is 86.5 Å². The molecule has 0 radical (unpaired) electrons. The molecule has 0 saturated heterocycles. The van der Waals surface area contributed by atoms with E-state index in [0.717, 1.165) is 24.3 Å². The first-order chi connectivity index (χ1) is 9.90. The van der Waals surface area contributed by atoms with E-state index in [-0.39, 0.29) is 16.1 Å². The predicted molar refractivity (Wildman–Crippen MR) is 71.5 cm³/mol. The third-order valence-corrected chi connectivity index (χ3v) is 3.94. The van der Waals surface area contributed by atoms with Crippen LogP contribution in [0.5, 0.6) is 0 Å². The van der Waals surface area contributed by atoms with Crippen LogP contribution in [0.2, 0.25) is 0 Å². The molecule has 0 saturated carbocycles. The lowest BCUT2D eigenvalue weighted by atomic mass is 10.2. The Morgan fingerprint density at radius 1 is 1.10 bits per heavy atom. The van der Waals surface area contributed by atoms with Crippen molar-refractivity contribution in [1.82, 2.24) is 0 Å². The van der Waals surface area contributed by atoms with Crippen LogP contribution in [0.25, 0.3) is 0 Å². The van der Waals surface area contributed by atoms with Gasteiger partial charge in [0.25, 0.3) is 15.8 Å². The van der Waals surface area contributed by atoms with Gasteiger partial charge in [-0.1, -0.05) is 12.1 Å². The number of rotatable bonds is 5. The van der Waals surface area contributed by atoms with Crippen LogP contribution >= 0.6 is 0 Å². The van der Waals surface area contributed by atoms with Gasteiger partial charge in [-0.25, -0.2) is 4.39 Å². The molecule has 0 heterocycles. The predicted octanol–water partition coefficient (Wildman–Crippen LogP) is 2.64. The summed E-state index contributed by atoms with van der Waals surface area (Å²) in [4.78, 5) is 9.97. The second-order valence-electron chi connectivity index (χ2n) is 4.06. The van der Waals surface area contributed by atoms with Crippen LogP contribution in [0.15, 0.2) is 53.4 Å². The molecule has 2 aromatic carbocycles. The molecule has 21 heavy (non-hydrogen) atoms. The first-order valence-corrected chi connectivity index (χ1v) is 7.18. The van der Waals surface area contributed by atoms with E-state index in [0.29, 0.717) is 0 Å². The van der Waals surface area contributed by atoms with Gasteiger partial charge in [0.05, 0.1) is 22.0 Å². The standard InChI is InChI=1S/C13H10FNO5S/c14-11-5-7-12(8-6-11)21(18,19)20-9-10-3-1-2-4-13(10)15(16)17/h1-8H,9H2. The summed E-state index contributed by atoms with van der Waals surface area (Å²) >= 11 is 0. The summed E-state index contributed by atoms with van der Waals surface area (Å²) in [5.74, 6) is -0.576. The van der Waals surface area contributed by atoms with Crippen LogP contribution in [0.4, 0.5) is 10.1 Å². The lowest BCUT2D eigenvalue weighted by molar-refractivity contribution is -0.385. The molecule has 2 aromatic rings. The third kappa shape index (κ3) is 3.61. The average Bonchev–Trinajstić information content (AvgIpc) is 2.46. The quantitative estimate of drug-likeness (QED) is 0.481. The van der Waals surface area contributed by atoms with Crippen molar-refractivity contribution in [3.63, 3.8) is 0 Å². The molecular formula is C13H10FNO5S. The molecule has 0 aliphatic heterocycles. The van der Waals surface area contributed by atoms with Crippen molar-refractivity contribution in [2.24, 2.45) is 0 Å². The molecule has 0 N–H and O–H groups in total. The van der Waals surface area contributed by atoms with E-state index < -0.39 is 27.5 Å². The zero-order chi connectivity index (χ0) is 15.5. The molecule has 110 valence electrons. The lowest BCUT2D eigenvalue weighted by Crippen LogP contribution is -2.07. The Kier molecular flexibility index (Phi) is 4.29. The van der Waals surface area contributed by atoms with Gasteiger partial charge < -0.3 is 0 Å². The van der Waals surface area contributed by atoms with Gasteiger partial charge in [-0.2, -0.15) is 8.42 Å². The maximum atomic E-state index is 12.8. The van der Waals surface area contributed by atoms with E-state index in [2.05, 4.69) is 0 Å². The molecule has 0 amide bonds. The van der Waals surface area contributed by atoms with Gasteiger partial charge in [-0.05, 0) is 30.3 Å². The van der Waals surface area contributed by atoms with Crippen LogP contribution in [-0.2, 0) is 20.9 Å². The molecule has 6 nitrogen and oxygen atoms in total. The summed E-state index contributed by atoms with van der Waals surface area (Å²) in [6, 6.07) is 9.75. The lowest BCUT2D eigenvalue weighted by Gasteiger charge is -2.06. The minimum Gasteiger partial charge on any atom is -0.261 e. The monoisotopic (exact) mass is 311 g/mol. The van der Waals surface area contributed by atoms with Gasteiger partial charge in [-0.3, -0.25) is 14.3 Å². The van der Waals surface area contributed by atoms with Gasteiger partial charge in [0.1, 0.15) is 5.82 Å². The van der Waals surface area contributed by atoms with Crippen LogP contribution in [0, 0.1) is 15.9 Å². The van der Waals surface area contributed by atoms with Crippen molar-refractivity contribution >= 4 is 15.8 Å². The van der Waals surface area contributed by atoms with E-state index in [4.69, 9.17) is 4.18 Å². The molecule has 0 atom stereocenters. The summed E-state index contributed by atoms with van der Waals surface area (Å²) in [6.07, 6.45) is 0. The number of hydrogen-bond acceptors (Lipinski definition) is 5. The summed E-state index contributed by atoms with van der Waals surface area (Å²) in [6.45, 7) is -0.475. The van der Waals surface area contributed by atoms with Crippen molar-refractivity contribution in [1.29, 1.82) is 0 Å². The number of hydrogen-bond donors (Lipinski definition) is 0. The molecule has 0 aromatic heterocycles. The average molecular weight is 311 g/mol. The summed E-state index contributed by atoms with van der Waals surface area (Å²) in [7, 11) is -4.11. The van der Waals surface area contributed by atoms with Crippen LogP contribution in [0.1, 0.15) is 5.56 Å². The molecule has 8 heteroatoms. The zero-order valence-corrected chi connectivity index (χ0v) is 11.4. The van der Waals surface area contributed by atoms with Gasteiger partial charge in [0, 0.05) is 6.07 Å². The van der Waals surface area contributed by atoms with E-state index in [1.54, 1.807) is 0 Å². The van der Waals surface area contributed by atoms with Crippen molar-refractivity contribution in [3.8, 4) is 0 Å². The minimum atomic E-state index is -4.11. The smallest absolute Gasteiger partial charge is 0.261 e. The number of benzene rings is 2. The number of halogens is 1. The SMILES string of the molecule is O=[N+]([O-])c1ccccc1COS(=O)(=O)c1ccc(F)cc1. The van der Waals surface area contributed by atoms with Gasteiger partial charge in [0.15, 0.2) is 0 Å². The Bertz CT molecular complexity index is 758. The highest BCUT2D eigenvalue weighted by Crippen LogP contribution is 2.21. The summed E-state index contributed by atoms with van der Waals surface area (Å²) in [5.41, 5.74) is -0.0972. The fraction of sp³-hybridized carbons (Fsp3) is 0.0769. The van der Waals surface area contributed by atoms with Crippen LogP contribution in [0.3, 0.4) is 0 Å². The Morgan fingerprint density at radius 2 is 1.71 bits per heavy atom. The molecule has 0 aliphatic rings. The maximum absolute atomic E-state index is 12.8. The molecule has 0 unspecified atom stereocenters. The van der Waals surface area contributed by atoms with Crippen molar-refractivity contribution in [2.45, 2.75) is 11.5 Å². The first kappa shape index (κ1) is 15.1. The van der Waals surface area contributed by atoms with E-state index in [1.807, 2.05) is 0 Å². The third-order valence-electron chi connectivity index (χ3n) is 2.66. The highest BCUT2D eigenvalue weighted by molar-refractivity contribution is 7.86. The Labute approximate surface area is 120 Å². The molecule has 0 fully saturated rings. The van der Waals surface area contributed by atoms with Crippen molar-refractivity contribution in [3.05, 3.63) is 70.0 Å². The van der Waals surface area contributed by atoms with Gasteiger partial charge >= 0.3 is 0 Å². The van der Waals surface area contributed by atoms with E-state index >= 15 is 0 Å². The Morgan fingerprint density at radius 3 is 2.33 bits per heavy atom.